The summed E-state index contributed by atoms with van der Waals surface area (Å²) < 4.78 is 5.94. The lowest BCUT2D eigenvalue weighted by Crippen LogP contribution is -2.43. The van der Waals surface area contributed by atoms with Crippen LogP contribution in [-0.2, 0) is 4.74 Å². The van der Waals surface area contributed by atoms with Gasteiger partial charge in [0.05, 0.1) is 12.2 Å². The molecule has 1 saturated carbocycles. The van der Waals surface area contributed by atoms with Crippen molar-refractivity contribution in [1.29, 1.82) is 0 Å². The molecule has 2 unspecified atom stereocenters. The van der Waals surface area contributed by atoms with Crippen LogP contribution in [-0.4, -0.2) is 49.3 Å². The summed E-state index contributed by atoms with van der Waals surface area (Å²) in [6.45, 7) is 6.75. The Morgan fingerprint density at radius 2 is 1.84 bits per heavy atom. The average Bonchev–Trinajstić information content (AvgIpc) is 2.82. The van der Waals surface area contributed by atoms with Gasteiger partial charge in [0, 0.05) is 18.6 Å². The van der Waals surface area contributed by atoms with E-state index in [4.69, 9.17) is 4.74 Å². The van der Waals surface area contributed by atoms with E-state index in [0.29, 0.717) is 12.2 Å². The normalized spacial score (nSPS) is 36.0. The molecule has 1 heterocycles. The van der Waals surface area contributed by atoms with Crippen molar-refractivity contribution >= 4 is 0 Å². The average molecular weight is 268 g/mol. The van der Waals surface area contributed by atoms with Gasteiger partial charge in [0.1, 0.15) is 0 Å². The lowest BCUT2D eigenvalue weighted by molar-refractivity contribution is 0.0234. The number of ether oxygens (including phenoxy) is 1. The van der Waals surface area contributed by atoms with Gasteiger partial charge in [-0.05, 0) is 65.5 Å². The Morgan fingerprint density at radius 3 is 2.42 bits per heavy atom. The Hall–Kier alpha value is -0.120. The summed E-state index contributed by atoms with van der Waals surface area (Å²) in [6, 6.07) is 1.55. The van der Waals surface area contributed by atoms with E-state index >= 15 is 0 Å². The highest BCUT2D eigenvalue weighted by atomic mass is 16.5. The summed E-state index contributed by atoms with van der Waals surface area (Å²) in [5.41, 5.74) is 0. The molecule has 0 amide bonds. The smallest absolute Gasteiger partial charge is 0.0706 e. The highest BCUT2D eigenvalue weighted by molar-refractivity contribution is 4.83. The van der Waals surface area contributed by atoms with Gasteiger partial charge < -0.3 is 15.0 Å². The molecule has 2 fully saturated rings. The minimum absolute atomic E-state index is 0.479. The maximum absolute atomic E-state index is 5.94. The summed E-state index contributed by atoms with van der Waals surface area (Å²) in [4.78, 5) is 2.55. The molecule has 19 heavy (non-hydrogen) atoms. The van der Waals surface area contributed by atoms with Crippen LogP contribution in [0, 0.1) is 0 Å². The van der Waals surface area contributed by atoms with Crippen LogP contribution in [0.5, 0.6) is 0 Å². The molecule has 0 radical (unpaired) electrons. The zero-order valence-corrected chi connectivity index (χ0v) is 13.0. The topological polar surface area (TPSA) is 24.5 Å². The fourth-order valence-electron chi connectivity index (χ4n) is 3.56. The van der Waals surface area contributed by atoms with Gasteiger partial charge >= 0.3 is 0 Å². The van der Waals surface area contributed by atoms with Gasteiger partial charge in [0.2, 0.25) is 0 Å². The third kappa shape index (κ3) is 4.73. The molecule has 0 aromatic heterocycles. The van der Waals surface area contributed by atoms with E-state index in [0.717, 1.165) is 18.6 Å². The second-order valence-electron chi connectivity index (χ2n) is 6.55. The number of likely N-dealkylation sites (N-methyl/N-ethyl adjacent to an activating group) is 1. The van der Waals surface area contributed by atoms with Gasteiger partial charge in [-0.25, -0.2) is 0 Å². The third-order valence-electron chi connectivity index (χ3n) is 4.81. The molecule has 1 saturated heterocycles. The predicted octanol–water partition coefficient (Wildman–Crippen LogP) is 2.80. The Kier molecular flexibility index (Phi) is 6.11. The lowest BCUT2D eigenvalue weighted by Gasteiger charge is -2.36. The Morgan fingerprint density at radius 1 is 1.11 bits per heavy atom. The highest BCUT2D eigenvalue weighted by Crippen LogP contribution is 2.25. The summed E-state index contributed by atoms with van der Waals surface area (Å²) in [5, 5.41) is 3.67. The van der Waals surface area contributed by atoms with Crippen LogP contribution in [0.25, 0.3) is 0 Å². The predicted molar refractivity (Wildman–Crippen MR) is 80.5 cm³/mol. The van der Waals surface area contributed by atoms with Crippen molar-refractivity contribution in [2.45, 2.75) is 83.1 Å². The summed E-state index contributed by atoms with van der Waals surface area (Å²) in [6.07, 6.45) is 10.1. The minimum atomic E-state index is 0.479. The van der Waals surface area contributed by atoms with E-state index in [-0.39, 0.29) is 0 Å². The van der Waals surface area contributed by atoms with Crippen LogP contribution in [0.1, 0.15) is 58.8 Å². The lowest BCUT2D eigenvalue weighted by atomic mass is 9.90. The summed E-state index contributed by atoms with van der Waals surface area (Å²) >= 11 is 0. The SMILES string of the molecule is CCCNC1CCC(N(C)CC2CCC(C)O2)CC1. The highest BCUT2D eigenvalue weighted by Gasteiger charge is 2.28. The molecular formula is C16H32N2O. The zero-order chi connectivity index (χ0) is 13.7. The molecule has 3 nitrogen and oxygen atoms in total. The van der Waals surface area contributed by atoms with Gasteiger partial charge in [-0.15, -0.1) is 0 Å². The molecule has 1 aliphatic carbocycles. The first-order valence-electron chi connectivity index (χ1n) is 8.28. The number of nitrogens with zero attached hydrogens (tertiary/aromatic N) is 1. The van der Waals surface area contributed by atoms with E-state index in [2.05, 4.69) is 31.1 Å². The van der Waals surface area contributed by atoms with Crippen molar-refractivity contribution in [2.24, 2.45) is 0 Å². The summed E-state index contributed by atoms with van der Waals surface area (Å²) in [7, 11) is 2.29. The number of nitrogens with one attached hydrogen (secondary N) is 1. The van der Waals surface area contributed by atoms with E-state index in [1.54, 1.807) is 0 Å². The van der Waals surface area contributed by atoms with Crippen LogP contribution < -0.4 is 5.32 Å². The Labute approximate surface area is 119 Å². The van der Waals surface area contributed by atoms with Crippen molar-refractivity contribution in [2.75, 3.05) is 20.1 Å². The molecule has 0 bridgehead atoms. The minimum Gasteiger partial charge on any atom is -0.374 e. The maximum Gasteiger partial charge on any atom is 0.0706 e. The monoisotopic (exact) mass is 268 g/mol. The number of hydrogen-bond acceptors (Lipinski definition) is 3. The second kappa shape index (κ2) is 7.61. The molecule has 2 rings (SSSR count). The van der Waals surface area contributed by atoms with Crippen molar-refractivity contribution in [3.63, 3.8) is 0 Å². The van der Waals surface area contributed by atoms with E-state index in [1.165, 1.54) is 51.5 Å². The van der Waals surface area contributed by atoms with Crippen LogP contribution in [0.4, 0.5) is 0 Å². The molecular weight excluding hydrogens is 236 g/mol. The van der Waals surface area contributed by atoms with E-state index in [1.807, 2.05) is 0 Å². The van der Waals surface area contributed by atoms with Gasteiger partial charge in [-0.2, -0.15) is 0 Å². The zero-order valence-electron chi connectivity index (χ0n) is 13.0. The van der Waals surface area contributed by atoms with Gasteiger partial charge in [-0.3, -0.25) is 0 Å². The Balaban J connectivity index is 1.66. The molecule has 2 atom stereocenters. The molecule has 3 heteroatoms. The second-order valence-corrected chi connectivity index (χ2v) is 6.55. The number of rotatable bonds is 6. The standard InChI is InChI=1S/C16H32N2O/c1-4-11-17-14-6-8-15(9-7-14)18(3)12-16-10-5-13(2)19-16/h13-17H,4-12H2,1-3H3. The van der Waals surface area contributed by atoms with Crippen LogP contribution in [0.2, 0.25) is 0 Å². The van der Waals surface area contributed by atoms with Crippen LogP contribution in [0.3, 0.4) is 0 Å². The maximum atomic E-state index is 5.94. The Bertz CT molecular complexity index is 251. The molecule has 0 aromatic carbocycles. The quantitative estimate of drug-likeness (QED) is 0.801. The van der Waals surface area contributed by atoms with Gasteiger partial charge in [0.15, 0.2) is 0 Å². The van der Waals surface area contributed by atoms with E-state index in [9.17, 15) is 0 Å². The molecule has 1 aliphatic heterocycles. The van der Waals surface area contributed by atoms with Crippen molar-refractivity contribution < 1.29 is 4.74 Å². The number of hydrogen-bond donors (Lipinski definition) is 1. The molecule has 1 N–H and O–H groups in total. The molecule has 112 valence electrons. The van der Waals surface area contributed by atoms with Gasteiger partial charge in [0.25, 0.3) is 0 Å². The van der Waals surface area contributed by atoms with Crippen molar-refractivity contribution in [1.82, 2.24) is 10.2 Å². The molecule has 0 aromatic rings. The van der Waals surface area contributed by atoms with E-state index < -0.39 is 0 Å². The third-order valence-corrected chi connectivity index (χ3v) is 4.81. The fraction of sp³-hybridized carbons (Fsp3) is 1.00. The van der Waals surface area contributed by atoms with Crippen molar-refractivity contribution in [3.05, 3.63) is 0 Å². The fourth-order valence-corrected chi connectivity index (χ4v) is 3.56. The largest absolute Gasteiger partial charge is 0.374 e. The first-order chi connectivity index (χ1) is 9.19. The first kappa shape index (κ1) is 15.3. The van der Waals surface area contributed by atoms with Gasteiger partial charge in [-0.1, -0.05) is 6.92 Å². The van der Waals surface area contributed by atoms with Crippen molar-refractivity contribution in [3.8, 4) is 0 Å². The van der Waals surface area contributed by atoms with Crippen LogP contribution >= 0.6 is 0 Å². The first-order valence-corrected chi connectivity index (χ1v) is 8.28. The summed E-state index contributed by atoms with van der Waals surface area (Å²) in [5.74, 6) is 0. The molecule has 2 aliphatic rings. The van der Waals surface area contributed by atoms with Crippen LogP contribution in [0.15, 0.2) is 0 Å². The molecule has 0 spiro atoms.